The second-order valence-electron chi connectivity index (χ2n) is 3.69. The van der Waals surface area contributed by atoms with Crippen LogP contribution in [0, 0.1) is 0 Å². The molecule has 0 bridgehead atoms. The summed E-state index contributed by atoms with van der Waals surface area (Å²) in [5.74, 6) is -0.333. The summed E-state index contributed by atoms with van der Waals surface area (Å²) in [4.78, 5) is 16.8. The minimum atomic E-state index is -0.333. The number of fused-ring (bicyclic) bond motifs is 3. The van der Waals surface area contributed by atoms with Crippen molar-refractivity contribution in [1.29, 1.82) is 0 Å². The van der Waals surface area contributed by atoms with Crippen LogP contribution in [0.4, 0.5) is 0 Å². The normalized spacial score (nSPS) is 9.94. The molecule has 17 heavy (non-hydrogen) atoms. The highest BCUT2D eigenvalue weighted by Gasteiger charge is 1.99. The minimum absolute atomic E-state index is 0.333. The molecule has 0 radical (unpaired) electrons. The fraction of sp³-hybridized carbons (Fsp3) is 0.0769. The quantitative estimate of drug-likeness (QED) is 0.618. The van der Waals surface area contributed by atoms with Crippen LogP contribution in [-0.2, 0) is 4.79 Å². The average Bonchev–Trinajstić information content (AvgIpc) is 2.76. The molecule has 0 aliphatic rings. The van der Waals surface area contributed by atoms with Gasteiger partial charge in [-0.05, 0) is 18.2 Å². The van der Waals surface area contributed by atoms with Gasteiger partial charge in [-0.3, -0.25) is 9.78 Å². The van der Waals surface area contributed by atoms with Crippen molar-refractivity contribution in [3.05, 3.63) is 42.7 Å². The highest BCUT2D eigenvalue weighted by molar-refractivity contribution is 6.03. The Bertz CT molecular complexity index is 654. The monoisotopic (exact) mass is 227 g/mol. The van der Waals surface area contributed by atoms with Gasteiger partial charge >= 0.3 is 0 Å². The lowest BCUT2D eigenvalue weighted by atomic mass is 10.1. The zero-order valence-electron chi connectivity index (χ0n) is 9.47. The second kappa shape index (κ2) is 4.65. The number of H-pyrrole nitrogens is 1. The third-order valence-corrected chi connectivity index (χ3v) is 2.30. The number of amides is 1. The maximum Gasteiger partial charge on any atom is 0.214 e. The molecule has 3 N–H and O–H groups in total. The molecule has 86 valence electrons. The van der Waals surface area contributed by atoms with Crippen LogP contribution in [0.3, 0.4) is 0 Å². The van der Waals surface area contributed by atoms with Crippen LogP contribution in [0.2, 0.25) is 0 Å². The highest BCUT2D eigenvalue weighted by Crippen LogP contribution is 2.21. The Hall–Kier alpha value is -2.36. The van der Waals surface area contributed by atoms with Crippen molar-refractivity contribution in [2.75, 3.05) is 0 Å². The molecule has 2 aromatic heterocycles. The number of carbonyl (C=O) groups excluding carboxylic acids is 1. The Kier molecular flexibility index (Phi) is 3.05. The minimum Gasteiger partial charge on any atom is -0.370 e. The number of nitrogens with zero attached hydrogens (tertiary/aromatic N) is 1. The van der Waals surface area contributed by atoms with E-state index in [-0.39, 0.29) is 5.91 Å². The molecule has 3 aromatic rings. The molecule has 4 nitrogen and oxygen atoms in total. The first-order valence-corrected chi connectivity index (χ1v) is 5.25. The van der Waals surface area contributed by atoms with Crippen molar-refractivity contribution in [3.8, 4) is 0 Å². The number of hydrogen-bond donors (Lipinski definition) is 2. The molecule has 0 fully saturated rings. The lowest BCUT2D eigenvalue weighted by Gasteiger charge is -1.96. The summed E-state index contributed by atoms with van der Waals surface area (Å²) in [5.41, 5.74) is 6.69. The van der Waals surface area contributed by atoms with E-state index in [0.29, 0.717) is 0 Å². The van der Waals surface area contributed by atoms with E-state index in [1.165, 1.54) is 17.7 Å². The highest BCUT2D eigenvalue weighted by atomic mass is 16.1. The van der Waals surface area contributed by atoms with E-state index in [9.17, 15) is 4.79 Å². The van der Waals surface area contributed by atoms with Crippen LogP contribution in [0.15, 0.2) is 42.7 Å². The number of aromatic amines is 1. The van der Waals surface area contributed by atoms with Gasteiger partial charge in [-0.25, -0.2) is 0 Å². The van der Waals surface area contributed by atoms with Crippen molar-refractivity contribution in [1.82, 2.24) is 9.97 Å². The molecule has 0 saturated heterocycles. The predicted octanol–water partition coefficient (Wildman–Crippen LogP) is 2.21. The number of rotatable bonds is 0. The van der Waals surface area contributed by atoms with Gasteiger partial charge in [0.1, 0.15) is 0 Å². The molecular weight excluding hydrogens is 214 g/mol. The smallest absolute Gasteiger partial charge is 0.214 e. The summed E-state index contributed by atoms with van der Waals surface area (Å²) in [6, 6.07) is 10.3. The van der Waals surface area contributed by atoms with E-state index < -0.39 is 0 Å². The van der Waals surface area contributed by atoms with Crippen LogP contribution in [0.5, 0.6) is 0 Å². The Balaban J connectivity index is 0.000000239. The number of hydrogen-bond acceptors (Lipinski definition) is 2. The van der Waals surface area contributed by atoms with Gasteiger partial charge in [0, 0.05) is 35.6 Å². The van der Waals surface area contributed by atoms with E-state index in [4.69, 9.17) is 0 Å². The van der Waals surface area contributed by atoms with Crippen molar-refractivity contribution >= 4 is 27.7 Å². The van der Waals surface area contributed by atoms with E-state index in [0.717, 1.165) is 11.0 Å². The number of nitrogens with one attached hydrogen (secondary N) is 1. The molecule has 0 saturated carbocycles. The van der Waals surface area contributed by atoms with Crippen molar-refractivity contribution < 1.29 is 4.79 Å². The van der Waals surface area contributed by atoms with Crippen molar-refractivity contribution in [2.45, 2.75) is 6.92 Å². The largest absolute Gasteiger partial charge is 0.370 e. The van der Waals surface area contributed by atoms with Gasteiger partial charge in [-0.15, -0.1) is 0 Å². The summed E-state index contributed by atoms with van der Waals surface area (Å²) >= 11 is 0. The average molecular weight is 227 g/mol. The molecule has 0 aliphatic carbocycles. The lowest BCUT2D eigenvalue weighted by molar-refractivity contribution is -0.115. The molecule has 0 aliphatic heterocycles. The fourth-order valence-electron chi connectivity index (χ4n) is 1.68. The maximum atomic E-state index is 9.22. The zero-order chi connectivity index (χ0) is 12.3. The number of aromatic nitrogens is 2. The number of pyridine rings is 1. The molecule has 1 amide bonds. The van der Waals surface area contributed by atoms with E-state index in [2.05, 4.69) is 40.0 Å². The first-order valence-electron chi connectivity index (χ1n) is 5.25. The predicted molar refractivity (Wildman–Crippen MR) is 68.5 cm³/mol. The number of carbonyl (C=O) groups is 1. The first kappa shape index (κ1) is 11.1. The summed E-state index contributed by atoms with van der Waals surface area (Å²) in [7, 11) is 0. The Morgan fingerprint density at radius 2 is 2.06 bits per heavy atom. The van der Waals surface area contributed by atoms with Gasteiger partial charge in [0.2, 0.25) is 5.91 Å². The van der Waals surface area contributed by atoms with Crippen LogP contribution in [0.1, 0.15) is 6.92 Å². The van der Waals surface area contributed by atoms with Crippen LogP contribution in [0.25, 0.3) is 21.8 Å². The molecule has 4 heteroatoms. The second-order valence-corrected chi connectivity index (χ2v) is 3.69. The maximum absolute atomic E-state index is 9.22. The number of nitrogens with two attached hydrogens (primary N) is 1. The summed E-state index contributed by atoms with van der Waals surface area (Å²) < 4.78 is 0. The summed E-state index contributed by atoms with van der Waals surface area (Å²) in [6.07, 6.45) is 3.77. The molecule has 0 atom stereocenters. The Morgan fingerprint density at radius 1 is 1.29 bits per heavy atom. The van der Waals surface area contributed by atoms with Crippen LogP contribution >= 0.6 is 0 Å². The van der Waals surface area contributed by atoms with Gasteiger partial charge in [-0.1, -0.05) is 12.1 Å². The van der Waals surface area contributed by atoms with Crippen molar-refractivity contribution in [3.63, 3.8) is 0 Å². The van der Waals surface area contributed by atoms with Gasteiger partial charge < -0.3 is 10.7 Å². The number of primary amides is 1. The van der Waals surface area contributed by atoms with Crippen molar-refractivity contribution in [2.24, 2.45) is 5.73 Å². The van der Waals surface area contributed by atoms with Gasteiger partial charge in [0.25, 0.3) is 0 Å². The topological polar surface area (TPSA) is 71.8 Å². The van der Waals surface area contributed by atoms with Gasteiger partial charge in [0.15, 0.2) is 0 Å². The van der Waals surface area contributed by atoms with E-state index in [1.54, 1.807) is 0 Å². The Labute approximate surface area is 98.5 Å². The van der Waals surface area contributed by atoms with E-state index in [1.807, 2.05) is 18.5 Å². The molecule has 3 rings (SSSR count). The van der Waals surface area contributed by atoms with E-state index >= 15 is 0 Å². The molecule has 0 unspecified atom stereocenters. The fourth-order valence-corrected chi connectivity index (χ4v) is 1.68. The van der Waals surface area contributed by atoms with Crippen LogP contribution in [-0.4, -0.2) is 15.9 Å². The zero-order valence-corrected chi connectivity index (χ0v) is 9.47. The lowest BCUT2D eigenvalue weighted by Crippen LogP contribution is -2.01. The summed E-state index contributed by atoms with van der Waals surface area (Å²) in [6.45, 7) is 1.31. The summed E-state index contributed by atoms with van der Waals surface area (Å²) in [5, 5.41) is 2.38. The SMILES string of the molecule is CC(N)=O.c1cnc2c(c1)ccc1[nH]ccc12. The molecule has 1 aromatic carbocycles. The van der Waals surface area contributed by atoms with Gasteiger partial charge in [-0.2, -0.15) is 0 Å². The molecule has 2 heterocycles. The standard InChI is InChI=1S/C11H8N2.C2H5NO/c1-2-8-3-4-10-9(5-7-12-10)11(8)13-6-1;1-2(3)4/h1-7,12H;1H3,(H2,3,4). The third-order valence-electron chi connectivity index (χ3n) is 2.30. The van der Waals surface area contributed by atoms with Gasteiger partial charge in [0.05, 0.1) is 5.52 Å². The first-order chi connectivity index (χ1) is 8.18. The molecule has 0 spiro atoms. The van der Waals surface area contributed by atoms with Crippen LogP contribution < -0.4 is 5.73 Å². The molecular formula is C13H13N3O. The Morgan fingerprint density at radius 3 is 2.82 bits per heavy atom. The third kappa shape index (κ3) is 2.42. The number of benzene rings is 1.